The zero-order valence-electron chi connectivity index (χ0n) is 19.2. The maximum absolute atomic E-state index is 13.3. The summed E-state index contributed by atoms with van der Waals surface area (Å²) in [5.74, 6) is 1.13. The highest BCUT2D eigenvalue weighted by atomic mass is 16.2. The van der Waals surface area contributed by atoms with E-state index in [0.29, 0.717) is 23.7 Å². The molecular formula is C27H32N4O2. The number of nitrogens with zero attached hydrogens (tertiary/aromatic N) is 2. The number of aromatic nitrogens is 1. The van der Waals surface area contributed by atoms with Crippen LogP contribution in [0.4, 0.5) is 5.82 Å². The highest BCUT2D eigenvalue weighted by Gasteiger charge is 2.52. The van der Waals surface area contributed by atoms with Crippen LogP contribution in [-0.2, 0) is 10.2 Å². The van der Waals surface area contributed by atoms with Crippen LogP contribution in [0.5, 0.6) is 0 Å². The molecule has 6 nitrogen and oxygen atoms in total. The largest absolute Gasteiger partial charge is 0.352 e. The molecule has 2 bridgehead atoms. The zero-order chi connectivity index (χ0) is 22.6. The fourth-order valence-corrected chi connectivity index (χ4v) is 5.81. The molecular weight excluding hydrogens is 412 g/mol. The molecule has 2 aromatic rings. The van der Waals surface area contributed by atoms with Gasteiger partial charge in [0.05, 0.1) is 11.0 Å². The number of carbonyl (C=O) groups excluding carboxylic acids is 2. The van der Waals surface area contributed by atoms with Gasteiger partial charge < -0.3 is 15.5 Å². The number of piperidine rings is 1. The van der Waals surface area contributed by atoms with Gasteiger partial charge in [0, 0.05) is 30.4 Å². The van der Waals surface area contributed by atoms with E-state index in [9.17, 15) is 9.59 Å². The number of aryl methyl sites for hydroxylation is 1. The topological polar surface area (TPSA) is 74.3 Å². The van der Waals surface area contributed by atoms with Crippen LogP contribution >= 0.6 is 0 Å². The summed E-state index contributed by atoms with van der Waals surface area (Å²) in [6.45, 7) is 2.08. The molecule has 1 aromatic carbocycles. The second kappa shape index (κ2) is 7.86. The van der Waals surface area contributed by atoms with E-state index in [-0.39, 0.29) is 23.3 Å². The molecule has 0 radical (unpaired) electrons. The van der Waals surface area contributed by atoms with Crippen molar-refractivity contribution >= 4 is 17.6 Å². The molecule has 6 rings (SSSR count). The molecule has 172 valence electrons. The van der Waals surface area contributed by atoms with Gasteiger partial charge in [0.2, 0.25) is 5.91 Å². The molecule has 2 unspecified atom stereocenters. The van der Waals surface area contributed by atoms with Crippen molar-refractivity contribution in [2.75, 3.05) is 4.90 Å². The van der Waals surface area contributed by atoms with Gasteiger partial charge in [-0.15, -0.1) is 0 Å². The van der Waals surface area contributed by atoms with E-state index in [2.05, 4.69) is 51.7 Å². The van der Waals surface area contributed by atoms with Crippen molar-refractivity contribution in [2.24, 2.45) is 0 Å². The molecule has 6 heteroatoms. The lowest BCUT2D eigenvalue weighted by molar-refractivity contribution is -0.124. The number of nitrogens with one attached hydrogen (secondary N) is 2. The first kappa shape index (κ1) is 20.7. The third kappa shape index (κ3) is 3.90. The Hall–Kier alpha value is -2.89. The normalized spacial score (nSPS) is 27.2. The highest BCUT2D eigenvalue weighted by Crippen LogP contribution is 2.49. The monoisotopic (exact) mass is 444 g/mol. The predicted octanol–water partition coefficient (Wildman–Crippen LogP) is 3.63. The number of anilines is 1. The second-order valence-corrected chi connectivity index (χ2v) is 10.5. The molecule has 4 aliphatic rings. The van der Waals surface area contributed by atoms with Crippen LogP contribution in [0.25, 0.3) is 0 Å². The average molecular weight is 445 g/mol. The molecule has 2 aliphatic heterocycles. The summed E-state index contributed by atoms with van der Waals surface area (Å²) < 4.78 is 0. The number of hydrogen-bond donors (Lipinski definition) is 2. The maximum Gasteiger partial charge on any atom is 0.253 e. The summed E-state index contributed by atoms with van der Waals surface area (Å²) in [7, 11) is 0. The van der Waals surface area contributed by atoms with Crippen molar-refractivity contribution in [3.05, 3.63) is 59.3 Å². The summed E-state index contributed by atoms with van der Waals surface area (Å²) in [5.41, 5.74) is 2.69. The molecule has 2 amide bonds. The van der Waals surface area contributed by atoms with Gasteiger partial charge in [-0.2, -0.15) is 0 Å². The number of hydrogen-bond acceptors (Lipinski definition) is 4. The molecule has 33 heavy (non-hydrogen) atoms. The van der Waals surface area contributed by atoms with Gasteiger partial charge in [-0.1, -0.05) is 29.8 Å². The van der Waals surface area contributed by atoms with Crippen LogP contribution in [0.15, 0.2) is 42.6 Å². The summed E-state index contributed by atoms with van der Waals surface area (Å²) in [5, 5.41) is 6.44. The Bertz CT molecular complexity index is 1040. The van der Waals surface area contributed by atoms with E-state index < -0.39 is 0 Å². The molecule has 1 aromatic heterocycles. The van der Waals surface area contributed by atoms with Crippen molar-refractivity contribution in [1.82, 2.24) is 15.6 Å². The highest BCUT2D eigenvalue weighted by molar-refractivity contribution is 5.94. The van der Waals surface area contributed by atoms with E-state index in [4.69, 9.17) is 0 Å². The standard InChI is InChI=1S/C27H32N4O2/c1-17-2-5-19(6-3-17)27(12-13-27)26(33)30-21-14-22-9-10-23(15-21)31(22)24-11-4-18(16-28-24)25(32)29-20-7-8-20/h2-6,11,16,20-23H,7-10,12-15H2,1H3,(H,29,32)(H,30,33). The van der Waals surface area contributed by atoms with Gasteiger partial charge >= 0.3 is 0 Å². The smallest absolute Gasteiger partial charge is 0.253 e. The molecule has 2 atom stereocenters. The van der Waals surface area contributed by atoms with Crippen molar-refractivity contribution in [2.45, 2.75) is 87.9 Å². The SMILES string of the molecule is Cc1ccc(C2(C(=O)NC3CC4CCC(C3)N4c3ccc(C(=O)NC4CC4)cn3)CC2)cc1. The Morgan fingerprint density at radius 2 is 1.61 bits per heavy atom. The van der Waals surface area contributed by atoms with Crippen LogP contribution in [-0.4, -0.2) is 41.0 Å². The molecule has 2 N–H and O–H groups in total. The van der Waals surface area contributed by atoms with Crippen LogP contribution in [0.1, 0.15) is 72.9 Å². The maximum atomic E-state index is 13.3. The van der Waals surface area contributed by atoms with Crippen LogP contribution in [0, 0.1) is 6.92 Å². The van der Waals surface area contributed by atoms with E-state index in [0.717, 1.165) is 62.7 Å². The van der Waals surface area contributed by atoms with Crippen molar-refractivity contribution in [1.29, 1.82) is 0 Å². The molecule has 2 aliphatic carbocycles. The average Bonchev–Trinajstić information content (AvgIpc) is 3.73. The van der Waals surface area contributed by atoms with E-state index >= 15 is 0 Å². The summed E-state index contributed by atoms with van der Waals surface area (Å²) >= 11 is 0. The number of amides is 2. The summed E-state index contributed by atoms with van der Waals surface area (Å²) in [6.07, 6.45) is 9.93. The first-order chi connectivity index (χ1) is 16.0. The van der Waals surface area contributed by atoms with Gasteiger partial charge in [0.15, 0.2) is 0 Å². The number of benzene rings is 1. The van der Waals surface area contributed by atoms with Crippen LogP contribution in [0.3, 0.4) is 0 Å². The molecule has 3 heterocycles. The van der Waals surface area contributed by atoms with Crippen LogP contribution in [0.2, 0.25) is 0 Å². The van der Waals surface area contributed by atoms with Crippen molar-refractivity contribution in [3.8, 4) is 0 Å². The van der Waals surface area contributed by atoms with E-state index in [1.54, 1.807) is 6.20 Å². The Morgan fingerprint density at radius 1 is 0.909 bits per heavy atom. The van der Waals surface area contributed by atoms with Gasteiger partial charge in [0.1, 0.15) is 5.82 Å². The lowest BCUT2D eigenvalue weighted by atomic mass is 9.92. The Labute approximate surface area is 195 Å². The van der Waals surface area contributed by atoms with Crippen molar-refractivity contribution in [3.63, 3.8) is 0 Å². The lowest BCUT2D eigenvalue weighted by Gasteiger charge is -2.40. The Kier molecular flexibility index (Phi) is 4.93. The quantitative estimate of drug-likeness (QED) is 0.714. The van der Waals surface area contributed by atoms with Crippen molar-refractivity contribution < 1.29 is 9.59 Å². The number of rotatable bonds is 6. The third-order valence-corrected chi connectivity index (χ3v) is 8.04. The minimum absolute atomic E-state index is 0.0245. The molecule has 4 fully saturated rings. The van der Waals surface area contributed by atoms with Gasteiger partial charge in [-0.3, -0.25) is 9.59 Å². The minimum atomic E-state index is -0.317. The number of pyridine rings is 1. The third-order valence-electron chi connectivity index (χ3n) is 8.04. The Morgan fingerprint density at radius 3 is 2.18 bits per heavy atom. The van der Waals surface area contributed by atoms with Gasteiger partial charge in [-0.25, -0.2) is 4.98 Å². The second-order valence-electron chi connectivity index (χ2n) is 10.5. The van der Waals surface area contributed by atoms with E-state index in [1.807, 2.05) is 12.1 Å². The predicted molar refractivity (Wildman–Crippen MR) is 127 cm³/mol. The molecule has 0 spiro atoms. The summed E-state index contributed by atoms with van der Waals surface area (Å²) in [4.78, 5) is 32.6. The first-order valence-corrected chi connectivity index (χ1v) is 12.5. The lowest BCUT2D eigenvalue weighted by Crippen LogP contribution is -2.52. The molecule has 2 saturated carbocycles. The summed E-state index contributed by atoms with van der Waals surface area (Å²) in [6, 6.07) is 13.7. The Balaban J connectivity index is 1.10. The number of fused-ring (bicyclic) bond motifs is 2. The van der Waals surface area contributed by atoms with Gasteiger partial charge in [-0.05, 0) is 76.0 Å². The zero-order valence-corrected chi connectivity index (χ0v) is 19.2. The van der Waals surface area contributed by atoms with E-state index in [1.165, 1.54) is 5.56 Å². The molecule has 2 saturated heterocycles. The minimum Gasteiger partial charge on any atom is -0.352 e. The first-order valence-electron chi connectivity index (χ1n) is 12.5. The fourth-order valence-electron chi connectivity index (χ4n) is 5.81. The number of carbonyl (C=O) groups is 2. The van der Waals surface area contributed by atoms with Crippen LogP contribution < -0.4 is 15.5 Å². The van der Waals surface area contributed by atoms with Gasteiger partial charge in [0.25, 0.3) is 5.91 Å². The fraction of sp³-hybridized carbons (Fsp3) is 0.519.